The van der Waals surface area contributed by atoms with Crippen LogP contribution in [0.1, 0.15) is 63.5 Å². The molecule has 0 saturated heterocycles. The molecule has 1 atom stereocenters. The van der Waals surface area contributed by atoms with Crippen molar-refractivity contribution in [1.29, 1.82) is 0 Å². The molecule has 1 aliphatic rings. The van der Waals surface area contributed by atoms with Crippen LogP contribution in [-0.4, -0.2) is 42.8 Å². The van der Waals surface area contributed by atoms with Gasteiger partial charge in [-0.3, -0.25) is 9.59 Å². The molecular weight excluding hydrogens is 444 g/mol. The van der Waals surface area contributed by atoms with E-state index in [4.69, 9.17) is 9.84 Å². The molecule has 35 heavy (non-hydrogen) atoms. The van der Waals surface area contributed by atoms with Gasteiger partial charge in [0.1, 0.15) is 6.61 Å². The molecule has 0 aromatic heterocycles. The third-order valence-electron chi connectivity index (χ3n) is 6.81. The van der Waals surface area contributed by atoms with Crippen molar-refractivity contribution < 1.29 is 24.2 Å². The highest BCUT2D eigenvalue weighted by atomic mass is 16.5. The molecular formula is C28H36N2O5. The summed E-state index contributed by atoms with van der Waals surface area (Å²) in [5.41, 5.74) is 3.82. The minimum atomic E-state index is -0.811. The second-order valence-electron chi connectivity index (χ2n) is 9.81. The van der Waals surface area contributed by atoms with E-state index in [0.29, 0.717) is 13.0 Å². The summed E-state index contributed by atoms with van der Waals surface area (Å²) in [4.78, 5) is 35.9. The topological polar surface area (TPSA) is 105 Å². The second kappa shape index (κ2) is 11.9. The van der Waals surface area contributed by atoms with Crippen LogP contribution in [0, 0.1) is 11.3 Å². The van der Waals surface area contributed by atoms with Gasteiger partial charge < -0.3 is 20.5 Å². The first-order chi connectivity index (χ1) is 16.7. The number of amides is 2. The zero-order chi connectivity index (χ0) is 25.4. The molecule has 0 aliphatic heterocycles. The van der Waals surface area contributed by atoms with Crippen molar-refractivity contribution in [2.45, 2.75) is 52.4 Å². The number of carbonyl (C=O) groups excluding carboxylic acids is 2. The van der Waals surface area contributed by atoms with E-state index >= 15 is 0 Å². The molecule has 0 bridgehead atoms. The van der Waals surface area contributed by atoms with Gasteiger partial charge >= 0.3 is 12.1 Å². The average Bonchev–Trinajstić information content (AvgIpc) is 3.17. The summed E-state index contributed by atoms with van der Waals surface area (Å²) in [5.74, 6) is -0.719. The summed E-state index contributed by atoms with van der Waals surface area (Å²) < 4.78 is 5.56. The Hall–Kier alpha value is -3.35. The lowest BCUT2D eigenvalue weighted by molar-refractivity contribution is -0.137. The largest absolute Gasteiger partial charge is 0.481 e. The Morgan fingerprint density at radius 1 is 0.971 bits per heavy atom. The smallest absolute Gasteiger partial charge is 0.407 e. The Bertz CT molecular complexity index is 1000. The summed E-state index contributed by atoms with van der Waals surface area (Å²) in [6, 6.07) is 16.3. The van der Waals surface area contributed by atoms with Gasteiger partial charge in [-0.05, 0) is 54.9 Å². The van der Waals surface area contributed by atoms with E-state index < -0.39 is 17.5 Å². The number of ether oxygens (including phenoxy) is 1. The molecule has 3 N–H and O–H groups in total. The van der Waals surface area contributed by atoms with Crippen LogP contribution >= 0.6 is 0 Å². The maximum absolute atomic E-state index is 12.7. The van der Waals surface area contributed by atoms with Gasteiger partial charge in [0, 0.05) is 25.4 Å². The molecule has 0 saturated carbocycles. The minimum absolute atomic E-state index is 0.0166. The van der Waals surface area contributed by atoms with Crippen LogP contribution in [-0.2, 0) is 14.3 Å². The molecule has 2 aromatic carbocycles. The Morgan fingerprint density at radius 3 is 2.14 bits per heavy atom. The zero-order valence-corrected chi connectivity index (χ0v) is 20.8. The van der Waals surface area contributed by atoms with Gasteiger partial charge in [-0.15, -0.1) is 0 Å². The Morgan fingerprint density at radius 2 is 1.57 bits per heavy atom. The van der Waals surface area contributed by atoms with Crippen LogP contribution in [0.5, 0.6) is 0 Å². The van der Waals surface area contributed by atoms with Crippen LogP contribution in [0.15, 0.2) is 48.5 Å². The van der Waals surface area contributed by atoms with Gasteiger partial charge in [0.2, 0.25) is 5.91 Å². The van der Waals surface area contributed by atoms with Crippen LogP contribution in [0.3, 0.4) is 0 Å². The normalized spacial score (nSPS) is 13.5. The summed E-state index contributed by atoms with van der Waals surface area (Å²) in [7, 11) is 0. The molecule has 1 unspecified atom stereocenters. The molecule has 7 nitrogen and oxygen atoms in total. The fraction of sp³-hybridized carbons (Fsp3) is 0.464. The number of aliphatic carboxylic acids is 1. The van der Waals surface area contributed by atoms with Crippen molar-refractivity contribution in [2.75, 3.05) is 19.7 Å². The van der Waals surface area contributed by atoms with Crippen molar-refractivity contribution in [1.82, 2.24) is 10.6 Å². The van der Waals surface area contributed by atoms with E-state index in [0.717, 1.165) is 24.0 Å². The van der Waals surface area contributed by atoms with Crippen LogP contribution in [0.4, 0.5) is 4.79 Å². The molecule has 2 aromatic rings. The van der Waals surface area contributed by atoms with Crippen molar-refractivity contribution >= 4 is 18.0 Å². The first kappa shape index (κ1) is 26.3. The highest BCUT2D eigenvalue weighted by Gasteiger charge is 2.31. The van der Waals surface area contributed by atoms with Crippen LogP contribution in [0.25, 0.3) is 11.1 Å². The molecule has 0 heterocycles. The number of carboxylic acid groups (broad SMARTS) is 1. The number of carboxylic acids is 1. The fourth-order valence-electron chi connectivity index (χ4n) is 4.53. The fourth-order valence-corrected chi connectivity index (χ4v) is 4.53. The van der Waals surface area contributed by atoms with Gasteiger partial charge in [-0.2, -0.15) is 0 Å². The van der Waals surface area contributed by atoms with Crippen molar-refractivity contribution in [2.24, 2.45) is 11.3 Å². The first-order valence-corrected chi connectivity index (χ1v) is 12.3. The van der Waals surface area contributed by atoms with Crippen molar-refractivity contribution in [3.63, 3.8) is 0 Å². The molecule has 2 amide bonds. The number of benzene rings is 2. The summed E-state index contributed by atoms with van der Waals surface area (Å²) in [6.45, 7) is 6.41. The SMILES string of the molecule is CCC(CCNC(=O)C(C)(C)CNC(=O)OCC1c2ccccc2-c2ccccc21)CCC(=O)O. The van der Waals surface area contributed by atoms with E-state index in [1.165, 1.54) is 11.1 Å². The van der Waals surface area contributed by atoms with E-state index in [1.54, 1.807) is 13.8 Å². The first-order valence-electron chi connectivity index (χ1n) is 12.3. The predicted octanol–water partition coefficient (Wildman–Crippen LogP) is 4.95. The lowest BCUT2D eigenvalue weighted by Gasteiger charge is -2.24. The average molecular weight is 481 g/mol. The third-order valence-corrected chi connectivity index (χ3v) is 6.81. The number of alkyl carbamates (subject to hydrolysis) is 1. The maximum Gasteiger partial charge on any atom is 0.407 e. The monoisotopic (exact) mass is 480 g/mol. The number of fused-ring (bicyclic) bond motifs is 3. The molecule has 1 aliphatic carbocycles. The quantitative estimate of drug-likeness (QED) is 0.399. The number of hydrogen-bond donors (Lipinski definition) is 3. The van der Waals surface area contributed by atoms with Crippen LogP contribution < -0.4 is 10.6 Å². The van der Waals surface area contributed by atoms with Crippen LogP contribution in [0.2, 0.25) is 0 Å². The molecule has 0 fully saturated rings. The van der Waals surface area contributed by atoms with E-state index in [2.05, 4.69) is 34.9 Å². The lowest BCUT2D eigenvalue weighted by atomic mass is 9.91. The van der Waals surface area contributed by atoms with E-state index in [-0.39, 0.29) is 37.3 Å². The minimum Gasteiger partial charge on any atom is -0.481 e. The second-order valence-corrected chi connectivity index (χ2v) is 9.81. The Kier molecular flexibility index (Phi) is 8.90. The molecule has 3 rings (SSSR count). The number of nitrogens with one attached hydrogen (secondary N) is 2. The number of hydrogen-bond acceptors (Lipinski definition) is 4. The lowest BCUT2D eigenvalue weighted by Crippen LogP contribution is -2.45. The number of rotatable bonds is 12. The maximum atomic E-state index is 12.7. The number of carbonyl (C=O) groups is 3. The Balaban J connectivity index is 1.45. The Labute approximate surface area is 207 Å². The van der Waals surface area contributed by atoms with Gasteiger partial charge in [-0.1, -0.05) is 61.9 Å². The molecule has 188 valence electrons. The van der Waals surface area contributed by atoms with Gasteiger partial charge in [0.25, 0.3) is 0 Å². The molecule has 7 heteroatoms. The molecule has 0 spiro atoms. The van der Waals surface area contributed by atoms with E-state index in [1.807, 2.05) is 31.2 Å². The summed E-state index contributed by atoms with van der Waals surface area (Å²) in [5, 5.41) is 14.5. The van der Waals surface area contributed by atoms with Crippen molar-refractivity contribution in [3.05, 3.63) is 59.7 Å². The van der Waals surface area contributed by atoms with Gasteiger partial charge in [0.05, 0.1) is 5.41 Å². The summed E-state index contributed by atoms with van der Waals surface area (Å²) >= 11 is 0. The van der Waals surface area contributed by atoms with Gasteiger partial charge in [0.15, 0.2) is 0 Å². The van der Waals surface area contributed by atoms with Gasteiger partial charge in [-0.25, -0.2) is 4.79 Å². The molecule has 0 radical (unpaired) electrons. The standard InChI is InChI=1S/C28H36N2O5/c1-4-19(13-14-25(31)32)15-16-29-26(33)28(2,3)18-30-27(34)35-17-24-22-11-7-5-9-20(22)21-10-6-8-12-23(21)24/h5-12,19,24H,4,13-18H2,1-3H3,(H,29,33)(H,30,34)(H,31,32). The highest BCUT2D eigenvalue weighted by molar-refractivity contribution is 5.83. The van der Waals surface area contributed by atoms with E-state index in [9.17, 15) is 14.4 Å². The third kappa shape index (κ3) is 6.84. The predicted molar refractivity (Wildman–Crippen MR) is 135 cm³/mol. The summed E-state index contributed by atoms with van der Waals surface area (Å²) in [6.07, 6.45) is 1.80. The zero-order valence-electron chi connectivity index (χ0n) is 20.8. The van der Waals surface area contributed by atoms with Crippen molar-refractivity contribution in [3.8, 4) is 11.1 Å². The highest BCUT2D eigenvalue weighted by Crippen LogP contribution is 2.44.